The molecule has 1 saturated heterocycles. The molecule has 1 amide bonds. The fourth-order valence-electron chi connectivity index (χ4n) is 2.76. The minimum atomic E-state index is 0. The Kier molecular flexibility index (Phi) is 10.4. The van der Waals surface area contributed by atoms with Crippen LogP contribution in [0.15, 0.2) is 23.3 Å². The second kappa shape index (κ2) is 12.0. The van der Waals surface area contributed by atoms with Crippen LogP contribution in [0.25, 0.3) is 0 Å². The Hall–Kier alpha value is -1.58. The second-order valence-corrected chi connectivity index (χ2v) is 7.03. The fourth-order valence-corrected chi connectivity index (χ4v) is 2.76. The number of piperidine rings is 1. The molecular weight excluding hydrogens is 455 g/mol. The van der Waals surface area contributed by atoms with Gasteiger partial charge in [0.15, 0.2) is 5.96 Å². The summed E-state index contributed by atoms with van der Waals surface area (Å²) in [5.41, 5.74) is 1.05. The van der Waals surface area contributed by atoms with Crippen molar-refractivity contribution in [2.75, 3.05) is 45.2 Å². The molecule has 1 aromatic heterocycles. The number of carbonyl (C=O) groups excluding carboxylic acids is 1. The maximum atomic E-state index is 11.7. The third-order valence-corrected chi connectivity index (χ3v) is 4.59. The number of nitrogens with zero attached hydrogens (tertiary/aromatic N) is 4. The van der Waals surface area contributed by atoms with E-state index < -0.39 is 0 Å². The molecule has 0 aromatic carbocycles. The predicted molar refractivity (Wildman–Crippen MR) is 122 cm³/mol. The zero-order valence-corrected chi connectivity index (χ0v) is 19.2. The summed E-state index contributed by atoms with van der Waals surface area (Å²) in [5, 5.41) is 6.21. The molecule has 2 rings (SSSR count). The van der Waals surface area contributed by atoms with Gasteiger partial charge in [0.2, 0.25) is 5.91 Å². The molecule has 1 fully saturated rings. The maximum Gasteiger partial charge on any atom is 0.241 e. The number of nitrogens with one attached hydrogen (secondary N) is 2. The minimum Gasteiger partial charge on any atom is -0.357 e. The summed E-state index contributed by atoms with van der Waals surface area (Å²) < 4.78 is 0. The molecule has 1 aliphatic rings. The van der Waals surface area contributed by atoms with Crippen LogP contribution < -0.4 is 15.5 Å². The van der Waals surface area contributed by atoms with Gasteiger partial charge in [-0.3, -0.25) is 4.79 Å². The normalized spacial score (nSPS) is 15.1. The van der Waals surface area contributed by atoms with Gasteiger partial charge >= 0.3 is 0 Å². The number of likely N-dealkylation sites (N-methyl/N-ethyl adjacent to an activating group) is 1. The molecule has 1 aliphatic heterocycles. The average molecular weight is 488 g/mol. The number of aromatic nitrogens is 1. The van der Waals surface area contributed by atoms with E-state index in [2.05, 4.69) is 44.6 Å². The number of halogens is 1. The number of guanidine groups is 1. The number of amides is 1. The van der Waals surface area contributed by atoms with Gasteiger partial charge in [-0.05, 0) is 37.3 Å². The number of aliphatic imine (C=N–C) groups is 1. The van der Waals surface area contributed by atoms with E-state index >= 15 is 0 Å². The predicted octanol–water partition coefficient (Wildman–Crippen LogP) is 2.08. The summed E-state index contributed by atoms with van der Waals surface area (Å²) in [6.07, 6.45) is 4.36. The van der Waals surface area contributed by atoms with Crippen molar-refractivity contribution in [1.82, 2.24) is 20.5 Å². The van der Waals surface area contributed by atoms with E-state index in [1.807, 2.05) is 13.1 Å². The highest BCUT2D eigenvalue weighted by atomic mass is 127. The summed E-state index contributed by atoms with van der Waals surface area (Å²) in [5.74, 6) is 2.51. The zero-order chi connectivity index (χ0) is 18.9. The molecule has 8 heteroatoms. The topological polar surface area (TPSA) is 72.9 Å². The lowest BCUT2D eigenvalue weighted by Gasteiger charge is -2.31. The Balaban J connectivity index is 0.00000364. The molecule has 0 radical (unpaired) electrons. The largest absolute Gasteiger partial charge is 0.357 e. The number of carbonyl (C=O) groups is 1. The van der Waals surface area contributed by atoms with Crippen molar-refractivity contribution in [2.24, 2.45) is 10.9 Å². The molecule has 0 atom stereocenters. The van der Waals surface area contributed by atoms with E-state index in [9.17, 15) is 4.79 Å². The lowest BCUT2D eigenvalue weighted by Crippen LogP contribution is -2.42. The third-order valence-electron chi connectivity index (χ3n) is 4.59. The van der Waals surface area contributed by atoms with Crippen LogP contribution >= 0.6 is 24.0 Å². The van der Waals surface area contributed by atoms with Crippen molar-refractivity contribution >= 4 is 41.7 Å². The maximum absolute atomic E-state index is 11.7. The van der Waals surface area contributed by atoms with Crippen molar-refractivity contribution < 1.29 is 4.79 Å². The van der Waals surface area contributed by atoms with Crippen LogP contribution in [-0.2, 0) is 11.3 Å². The Labute approximate surface area is 180 Å². The van der Waals surface area contributed by atoms with Crippen molar-refractivity contribution in [3.05, 3.63) is 23.9 Å². The number of pyridine rings is 1. The van der Waals surface area contributed by atoms with Crippen LogP contribution in [-0.4, -0.2) is 62.0 Å². The molecule has 2 N–H and O–H groups in total. The zero-order valence-electron chi connectivity index (χ0n) is 16.9. The van der Waals surface area contributed by atoms with Gasteiger partial charge in [0.25, 0.3) is 0 Å². The Morgan fingerprint density at radius 3 is 2.56 bits per heavy atom. The minimum absolute atomic E-state index is 0. The van der Waals surface area contributed by atoms with E-state index in [-0.39, 0.29) is 36.4 Å². The Morgan fingerprint density at radius 1 is 1.30 bits per heavy atom. The second-order valence-electron chi connectivity index (χ2n) is 7.03. The van der Waals surface area contributed by atoms with Gasteiger partial charge in [0.1, 0.15) is 5.82 Å². The lowest BCUT2D eigenvalue weighted by molar-refractivity contribution is -0.127. The van der Waals surface area contributed by atoms with Crippen molar-refractivity contribution in [1.29, 1.82) is 0 Å². The number of hydrogen-bond acceptors (Lipinski definition) is 4. The Morgan fingerprint density at radius 2 is 2.00 bits per heavy atom. The summed E-state index contributed by atoms with van der Waals surface area (Å²) in [7, 11) is 3.48. The first-order valence-corrected chi connectivity index (χ1v) is 9.41. The van der Waals surface area contributed by atoms with Crippen LogP contribution in [0.1, 0.15) is 32.3 Å². The number of anilines is 1. The standard InChI is InChI=1S/C19H32N6O.HI/c1-5-20-19(23-14-18(26)24(3)4)22-13-16-6-7-17(21-12-16)25-10-8-15(2)9-11-25;/h6-7,12,15H,5,8-11,13-14H2,1-4H3,(H2,20,22,23);1H. The molecule has 0 spiro atoms. The van der Waals surface area contributed by atoms with Gasteiger partial charge in [0.05, 0.1) is 13.1 Å². The van der Waals surface area contributed by atoms with Crippen molar-refractivity contribution in [2.45, 2.75) is 33.2 Å². The van der Waals surface area contributed by atoms with Crippen molar-refractivity contribution in [3.63, 3.8) is 0 Å². The summed E-state index contributed by atoms with van der Waals surface area (Å²) in [6.45, 7) is 7.97. The lowest BCUT2D eigenvalue weighted by atomic mass is 9.99. The average Bonchev–Trinajstić information content (AvgIpc) is 2.64. The van der Waals surface area contributed by atoms with Gasteiger partial charge in [-0.1, -0.05) is 13.0 Å². The van der Waals surface area contributed by atoms with Gasteiger partial charge in [-0.2, -0.15) is 0 Å². The van der Waals surface area contributed by atoms with Gasteiger partial charge in [-0.25, -0.2) is 9.98 Å². The SMILES string of the molecule is CCNC(=NCc1ccc(N2CCC(C)CC2)nc1)NCC(=O)N(C)C.I. The van der Waals surface area contributed by atoms with Crippen LogP contribution in [0.5, 0.6) is 0 Å². The molecule has 1 aromatic rings. The van der Waals surface area contributed by atoms with E-state index in [0.717, 1.165) is 36.9 Å². The van der Waals surface area contributed by atoms with E-state index in [1.54, 1.807) is 19.0 Å². The molecule has 0 bridgehead atoms. The van der Waals surface area contributed by atoms with Crippen LogP contribution in [0, 0.1) is 5.92 Å². The summed E-state index contributed by atoms with van der Waals surface area (Å²) >= 11 is 0. The highest BCUT2D eigenvalue weighted by Gasteiger charge is 2.16. The van der Waals surface area contributed by atoms with Gasteiger partial charge in [0, 0.05) is 39.9 Å². The van der Waals surface area contributed by atoms with Crippen LogP contribution in [0.2, 0.25) is 0 Å². The summed E-state index contributed by atoms with van der Waals surface area (Å²) in [6, 6.07) is 4.16. The van der Waals surface area contributed by atoms with Crippen LogP contribution in [0.3, 0.4) is 0 Å². The van der Waals surface area contributed by atoms with E-state index in [0.29, 0.717) is 12.5 Å². The molecule has 0 unspecified atom stereocenters. The number of rotatable bonds is 6. The fraction of sp³-hybridized carbons (Fsp3) is 0.632. The van der Waals surface area contributed by atoms with Gasteiger partial charge < -0.3 is 20.4 Å². The monoisotopic (exact) mass is 488 g/mol. The first kappa shape index (κ1) is 23.5. The molecule has 0 aliphatic carbocycles. The highest BCUT2D eigenvalue weighted by Crippen LogP contribution is 2.21. The molecule has 0 saturated carbocycles. The number of hydrogen-bond donors (Lipinski definition) is 2. The molecular formula is C19H33IN6O. The molecule has 27 heavy (non-hydrogen) atoms. The van der Waals surface area contributed by atoms with Crippen LogP contribution in [0.4, 0.5) is 5.82 Å². The first-order chi connectivity index (χ1) is 12.5. The molecule has 7 nitrogen and oxygen atoms in total. The first-order valence-electron chi connectivity index (χ1n) is 9.41. The Bertz CT molecular complexity index is 597. The third kappa shape index (κ3) is 7.90. The highest BCUT2D eigenvalue weighted by molar-refractivity contribution is 14.0. The van der Waals surface area contributed by atoms with Crippen molar-refractivity contribution in [3.8, 4) is 0 Å². The van der Waals surface area contributed by atoms with E-state index in [1.165, 1.54) is 12.8 Å². The quantitative estimate of drug-likeness (QED) is 0.365. The summed E-state index contributed by atoms with van der Waals surface area (Å²) in [4.78, 5) is 24.7. The smallest absolute Gasteiger partial charge is 0.241 e. The van der Waals surface area contributed by atoms with Gasteiger partial charge in [-0.15, -0.1) is 24.0 Å². The van der Waals surface area contributed by atoms with E-state index in [4.69, 9.17) is 0 Å². The molecule has 2 heterocycles. The molecule has 152 valence electrons.